The van der Waals surface area contributed by atoms with Crippen LogP contribution in [0.2, 0.25) is 0 Å². The van der Waals surface area contributed by atoms with E-state index < -0.39 is 12.5 Å². The summed E-state index contributed by atoms with van der Waals surface area (Å²) >= 11 is 0. The summed E-state index contributed by atoms with van der Waals surface area (Å²) in [6.45, 7) is -1.36. The van der Waals surface area contributed by atoms with E-state index in [1.165, 1.54) is 0 Å². The number of carbonyl (C=O) groups is 1. The van der Waals surface area contributed by atoms with Crippen LogP contribution in [0.25, 0.3) is 21.7 Å². The fraction of sp³-hybridized carbons (Fsp3) is 0.0909. The van der Waals surface area contributed by atoms with Gasteiger partial charge >= 0.3 is 6.61 Å². The Morgan fingerprint density at radius 3 is 2.52 bits per heavy atom. The highest BCUT2D eigenvalue weighted by Gasteiger charge is 2.16. The van der Waals surface area contributed by atoms with E-state index in [0.29, 0.717) is 22.2 Å². The number of hydrogen-bond acceptors (Lipinski definition) is 3. The SMILES string of the molecule is C/C(=N/NC(=O)c1c[nH]c2ccccc12)c1ccc2ccccc2c1OC(F)F. The first-order chi connectivity index (χ1) is 14.0. The molecule has 0 saturated carbocycles. The molecule has 0 fully saturated rings. The summed E-state index contributed by atoms with van der Waals surface area (Å²) in [5, 5.41) is 6.19. The van der Waals surface area contributed by atoms with E-state index in [-0.39, 0.29) is 5.75 Å². The Kier molecular flexibility index (Phi) is 4.95. The van der Waals surface area contributed by atoms with Gasteiger partial charge in [0, 0.05) is 28.0 Å². The van der Waals surface area contributed by atoms with Gasteiger partial charge in [-0.3, -0.25) is 4.79 Å². The smallest absolute Gasteiger partial charge is 0.387 e. The first kappa shape index (κ1) is 18.6. The van der Waals surface area contributed by atoms with Crippen LogP contribution in [0.4, 0.5) is 8.78 Å². The molecule has 146 valence electrons. The molecule has 0 saturated heterocycles. The van der Waals surface area contributed by atoms with Crippen LogP contribution in [0.1, 0.15) is 22.8 Å². The number of aromatic nitrogens is 1. The van der Waals surface area contributed by atoms with E-state index in [1.54, 1.807) is 37.4 Å². The molecule has 3 aromatic carbocycles. The molecule has 0 aliphatic carbocycles. The van der Waals surface area contributed by atoms with E-state index in [1.807, 2.05) is 36.4 Å². The zero-order chi connectivity index (χ0) is 20.4. The Morgan fingerprint density at radius 2 is 1.72 bits per heavy atom. The minimum atomic E-state index is -2.98. The van der Waals surface area contributed by atoms with Gasteiger partial charge in [-0.25, -0.2) is 5.43 Å². The number of alkyl halides is 2. The van der Waals surface area contributed by atoms with Crippen molar-refractivity contribution in [1.82, 2.24) is 10.4 Å². The van der Waals surface area contributed by atoms with Gasteiger partial charge in [0.2, 0.25) is 0 Å². The molecule has 4 aromatic rings. The summed E-state index contributed by atoms with van der Waals surface area (Å²) in [5.41, 5.74) is 4.49. The number of ether oxygens (including phenoxy) is 1. The number of carbonyl (C=O) groups excluding carboxylic acids is 1. The summed E-state index contributed by atoms with van der Waals surface area (Å²) in [4.78, 5) is 15.6. The molecule has 0 spiro atoms. The Bertz CT molecular complexity index is 1230. The number of benzene rings is 3. The van der Waals surface area contributed by atoms with E-state index >= 15 is 0 Å². The van der Waals surface area contributed by atoms with Gasteiger partial charge < -0.3 is 9.72 Å². The lowest BCUT2D eigenvalue weighted by Gasteiger charge is -2.13. The van der Waals surface area contributed by atoms with Crippen molar-refractivity contribution in [2.24, 2.45) is 5.10 Å². The van der Waals surface area contributed by atoms with Gasteiger partial charge in [-0.2, -0.15) is 13.9 Å². The first-order valence-corrected chi connectivity index (χ1v) is 8.92. The first-order valence-electron chi connectivity index (χ1n) is 8.92. The molecular formula is C22H17F2N3O2. The highest BCUT2D eigenvalue weighted by molar-refractivity contribution is 6.09. The molecule has 0 aliphatic rings. The molecule has 1 heterocycles. The fourth-order valence-corrected chi connectivity index (χ4v) is 3.26. The van der Waals surface area contributed by atoms with Crippen molar-refractivity contribution in [3.05, 3.63) is 78.0 Å². The second-order valence-corrected chi connectivity index (χ2v) is 6.43. The lowest BCUT2D eigenvalue weighted by atomic mass is 10.0. The highest BCUT2D eigenvalue weighted by Crippen LogP contribution is 2.31. The third-order valence-corrected chi connectivity index (χ3v) is 4.64. The number of rotatable bonds is 5. The normalized spacial score (nSPS) is 11.9. The third kappa shape index (κ3) is 3.67. The Hall–Kier alpha value is -3.74. The van der Waals surface area contributed by atoms with Crippen LogP contribution in [0.15, 0.2) is 72.0 Å². The molecule has 0 aliphatic heterocycles. The van der Waals surface area contributed by atoms with Crippen molar-refractivity contribution in [2.45, 2.75) is 13.5 Å². The molecule has 0 atom stereocenters. The molecule has 29 heavy (non-hydrogen) atoms. The van der Waals surface area contributed by atoms with Crippen molar-refractivity contribution >= 4 is 33.3 Å². The second-order valence-electron chi connectivity index (χ2n) is 6.43. The van der Waals surface area contributed by atoms with E-state index in [0.717, 1.165) is 16.3 Å². The predicted octanol–water partition coefficient (Wildman–Crippen LogP) is 5.08. The maximum Gasteiger partial charge on any atom is 0.387 e. The van der Waals surface area contributed by atoms with Gasteiger partial charge in [0.15, 0.2) is 0 Å². The summed E-state index contributed by atoms with van der Waals surface area (Å²) in [6.07, 6.45) is 1.60. The lowest BCUT2D eigenvalue weighted by molar-refractivity contribution is -0.0489. The van der Waals surface area contributed by atoms with Crippen LogP contribution in [0.3, 0.4) is 0 Å². The van der Waals surface area contributed by atoms with Crippen LogP contribution in [-0.4, -0.2) is 23.2 Å². The lowest BCUT2D eigenvalue weighted by Crippen LogP contribution is -2.19. The molecule has 1 amide bonds. The third-order valence-electron chi connectivity index (χ3n) is 4.64. The number of fused-ring (bicyclic) bond motifs is 2. The van der Waals surface area contributed by atoms with Gasteiger partial charge in [-0.15, -0.1) is 0 Å². The monoisotopic (exact) mass is 393 g/mol. The predicted molar refractivity (Wildman–Crippen MR) is 109 cm³/mol. The number of nitrogens with zero attached hydrogens (tertiary/aromatic N) is 1. The van der Waals surface area contributed by atoms with E-state index in [2.05, 4.69) is 15.5 Å². The number of halogens is 2. The summed E-state index contributed by atoms with van der Waals surface area (Å²) in [7, 11) is 0. The van der Waals surface area contributed by atoms with Crippen LogP contribution in [-0.2, 0) is 0 Å². The molecular weight excluding hydrogens is 376 g/mol. The maximum absolute atomic E-state index is 13.0. The maximum atomic E-state index is 13.0. The molecule has 0 bridgehead atoms. The number of amides is 1. The number of hydrogen-bond donors (Lipinski definition) is 2. The van der Waals surface area contributed by atoms with Gasteiger partial charge in [0.05, 0.1) is 11.3 Å². The summed E-state index contributed by atoms with van der Waals surface area (Å²) < 4.78 is 30.8. The molecule has 7 heteroatoms. The average Bonchev–Trinajstić information content (AvgIpc) is 3.16. The van der Waals surface area contributed by atoms with Gasteiger partial charge in [-0.05, 0) is 24.4 Å². The number of para-hydroxylation sites is 1. The van der Waals surface area contributed by atoms with Gasteiger partial charge in [0.1, 0.15) is 5.75 Å². The minimum absolute atomic E-state index is 0.0284. The highest BCUT2D eigenvalue weighted by atomic mass is 19.3. The number of H-pyrrole nitrogens is 1. The van der Waals surface area contributed by atoms with Crippen LogP contribution in [0.5, 0.6) is 5.75 Å². The summed E-state index contributed by atoms with van der Waals surface area (Å²) in [5.74, 6) is -0.375. The minimum Gasteiger partial charge on any atom is -0.433 e. The van der Waals surface area contributed by atoms with Gasteiger partial charge in [0.25, 0.3) is 5.91 Å². The number of aromatic amines is 1. The van der Waals surface area contributed by atoms with Crippen molar-refractivity contribution in [3.8, 4) is 5.75 Å². The van der Waals surface area contributed by atoms with E-state index in [9.17, 15) is 13.6 Å². The zero-order valence-electron chi connectivity index (χ0n) is 15.4. The van der Waals surface area contributed by atoms with Crippen LogP contribution < -0.4 is 10.2 Å². The quantitative estimate of drug-likeness (QED) is 0.367. The van der Waals surface area contributed by atoms with Crippen LogP contribution in [0, 0.1) is 0 Å². The van der Waals surface area contributed by atoms with E-state index in [4.69, 9.17) is 4.74 Å². The summed E-state index contributed by atoms with van der Waals surface area (Å²) in [6, 6.07) is 17.9. The van der Waals surface area contributed by atoms with Crippen LogP contribution >= 0.6 is 0 Å². The van der Waals surface area contributed by atoms with Crippen molar-refractivity contribution < 1.29 is 18.3 Å². The molecule has 0 unspecified atom stereocenters. The van der Waals surface area contributed by atoms with Crippen molar-refractivity contribution in [3.63, 3.8) is 0 Å². The zero-order valence-corrected chi connectivity index (χ0v) is 15.4. The largest absolute Gasteiger partial charge is 0.433 e. The number of hydrazone groups is 1. The van der Waals surface area contributed by atoms with Crippen molar-refractivity contribution in [2.75, 3.05) is 0 Å². The molecule has 4 rings (SSSR count). The Morgan fingerprint density at radius 1 is 1.00 bits per heavy atom. The number of nitrogens with one attached hydrogen (secondary N) is 2. The second kappa shape index (κ2) is 7.71. The Balaban J connectivity index is 1.66. The average molecular weight is 393 g/mol. The van der Waals surface area contributed by atoms with Gasteiger partial charge in [-0.1, -0.05) is 48.5 Å². The fourth-order valence-electron chi connectivity index (χ4n) is 3.26. The molecule has 0 radical (unpaired) electrons. The topological polar surface area (TPSA) is 66.5 Å². The van der Waals surface area contributed by atoms with Crippen molar-refractivity contribution in [1.29, 1.82) is 0 Å². The molecule has 1 aromatic heterocycles. The Labute approximate surface area is 165 Å². The standard InChI is InChI=1S/C22H17F2N3O2/c1-13(26-27-21(28)18-12-25-19-9-5-4-8-17(18)19)15-11-10-14-6-2-3-7-16(14)20(15)29-22(23)24/h2-12,22,25H,1H3,(H,27,28)/b26-13-. The molecule has 2 N–H and O–H groups in total. The molecule has 5 nitrogen and oxygen atoms in total.